The summed E-state index contributed by atoms with van der Waals surface area (Å²) in [5.74, 6) is 0.686. The average molecular weight is 207 g/mol. The van der Waals surface area contributed by atoms with Crippen molar-refractivity contribution in [3.63, 3.8) is 0 Å². The van der Waals surface area contributed by atoms with Gasteiger partial charge in [0.25, 0.3) is 0 Å². The first kappa shape index (κ1) is 12.2. The van der Waals surface area contributed by atoms with Crippen molar-refractivity contribution < 1.29 is 5.11 Å². The third-order valence-electron chi connectivity index (χ3n) is 2.41. The fourth-order valence-corrected chi connectivity index (χ4v) is 1.64. The number of rotatable bonds is 5. The quantitative estimate of drug-likeness (QED) is 0.772. The highest BCUT2D eigenvalue weighted by Gasteiger charge is 2.03. The summed E-state index contributed by atoms with van der Waals surface area (Å²) in [6.07, 6.45) is 1.35. The second-order valence-electron chi connectivity index (χ2n) is 4.51. The number of aliphatic hydroxyl groups is 1. The lowest BCUT2D eigenvalue weighted by atomic mass is 10.00. The molecule has 0 spiro atoms. The van der Waals surface area contributed by atoms with E-state index < -0.39 is 6.10 Å². The minimum atomic E-state index is -0.416. The van der Waals surface area contributed by atoms with Gasteiger partial charge in [0.2, 0.25) is 0 Å². The lowest BCUT2D eigenvalue weighted by Crippen LogP contribution is -2.21. The van der Waals surface area contributed by atoms with Crippen molar-refractivity contribution >= 4 is 0 Å². The van der Waals surface area contributed by atoms with Crippen LogP contribution in [0.1, 0.15) is 25.0 Å². The maximum absolute atomic E-state index is 9.40. The molecule has 0 aliphatic carbocycles. The third kappa shape index (κ3) is 4.45. The molecule has 1 atom stereocenters. The highest BCUT2D eigenvalue weighted by molar-refractivity contribution is 5.23. The van der Waals surface area contributed by atoms with E-state index in [4.69, 9.17) is 5.73 Å². The van der Waals surface area contributed by atoms with E-state index in [-0.39, 0.29) is 0 Å². The zero-order valence-corrected chi connectivity index (χ0v) is 9.61. The maximum Gasteiger partial charge on any atom is 0.0702 e. The smallest absolute Gasteiger partial charge is 0.0702 e. The van der Waals surface area contributed by atoms with Gasteiger partial charge in [0.05, 0.1) is 6.10 Å². The van der Waals surface area contributed by atoms with Crippen molar-refractivity contribution in [1.29, 1.82) is 0 Å². The van der Waals surface area contributed by atoms with Gasteiger partial charge in [0.15, 0.2) is 0 Å². The van der Waals surface area contributed by atoms with Crippen molar-refractivity contribution in [2.45, 2.75) is 32.8 Å². The monoisotopic (exact) mass is 207 g/mol. The molecule has 0 radical (unpaired) electrons. The highest BCUT2D eigenvalue weighted by atomic mass is 16.3. The summed E-state index contributed by atoms with van der Waals surface area (Å²) in [5.41, 5.74) is 7.88. The van der Waals surface area contributed by atoms with E-state index in [9.17, 15) is 5.11 Å². The van der Waals surface area contributed by atoms with Gasteiger partial charge in [-0.15, -0.1) is 0 Å². The molecule has 0 amide bonds. The van der Waals surface area contributed by atoms with Crippen molar-refractivity contribution in [1.82, 2.24) is 0 Å². The van der Waals surface area contributed by atoms with Crippen LogP contribution in [0.2, 0.25) is 0 Å². The molecular weight excluding hydrogens is 186 g/mol. The van der Waals surface area contributed by atoms with Gasteiger partial charge in [-0.05, 0) is 29.9 Å². The first-order valence-electron chi connectivity index (χ1n) is 5.57. The van der Waals surface area contributed by atoms with Crippen molar-refractivity contribution in [3.05, 3.63) is 35.4 Å². The Balaban J connectivity index is 2.56. The summed E-state index contributed by atoms with van der Waals surface area (Å²) in [6.45, 7) is 4.76. The summed E-state index contributed by atoms with van der Waals surface area (Å²) >= 11 is 0. The largest absolute Gasteiger partial charge is 0.391 e. The molecule has 15 heavy (non-hydrogen) atoms. The van der Waals surface area contributed by atoms with Crippen LogP contribution in [0.15, 0.2) is 24.3 Å². The summed E-state index contributed by atoms with van der Waals surface area (Å²) in [5, 5.41) is 9.40. The second-order valence-corrected chi connectivity index (χ2v) is 4.51. The molecule has 1 unspecified atom stereocenters. The van der Waals surface area contributed by atoms with Crippen LogP contribution < -0.4 is 5.73 Å². The van der Waals surface area contributed by atoms with Gasteiger partial charge >= 0.3 is 0 Å². The van der Waals surface area contributed by atoms with E-state index in [1.165, 1.54) is 5.56 Å². The topological polar surface area (TPSA) is 46.2 Å². The van der Waals surface area contributed by atoms with Crippen LogP contribution in [0.25, 0.3) is 0 Å². The maximum atomic E-state index is 9.40. The molecule has 2 heteroatoms. The van der Waals surface area contributed by atoms with E-state index in [1.807, 2.05) is 0 Å². The summed E-state index contributed by atoms with van der Waals surface area (Å²) < 4.78 is 0. The Hall–Kier alpha value is -0.860. The molecule has 0 bridgehead atoms. The van der Waals surface area contributed by atoms with E-state index in [0.29, 0.717) is 18.9 Å². The number of hydrogen-bond donors (Lipinski definition) is 2. The number of hydrogen-bond acceptors (Lipinski definition) is 2. The molecule has 0 aliphatic heterocycles. The zero-order valence-electron chi connectivity index (χ0n) is 9.61. The highest BCUT2D eigenvalue weighted by Crippen LogP contribution is 2.10. The minimum Gasteiger partial charge on any atom is -0.391 e. The molecule has 0 heterocycles. The number of benzene rings is 1. The predicted molar refractivity (Wildman–Crippen MR) is 63.7 cm³/mol. The summed E-state index contributed by atoms with van der Waals surface area (Å²) in [4.78, 5) is 0. The van der Waals surface area contributed by atoms with Gasteiger partial charge < -0.3 is 10.8 Å². The molecule has 0 aliphatic rings. The molecule has 1 aromatic carbocycles. The molecule has 0 fully saturated rings. The van der Waals surface area contributed by atoms with Crippen molar-refractivity contribution in [2.24, 2.45) is 11.7 Å². The Bertz CT molecular complexity index is 279. The van der Waals surface area contributed by atoms with E-state index in [0.717, 1.165) is 12.0 Å². The van der Waals surface area contributed by atoms with Crippen LogP contribution in [-0.2, 0) is 12.8 Å². The summed E-state index contributed by atoms with van der Waals surface area (Å²) in [6, 6.07) is 8.43. The lowest BCUT2D eigenvalue weighted by Gasteiger charge is -2.09. The molecule has 3 N–H and O–H groups in total. The van der Waals surface area contributed by atoms with Crippen molar-refractivity contribution in [3.8, 4) is 0 Å². The Labute approximate surface area is 92.1 Å². The molecule has 1 rings (SSSR count). The van der Waals surface area contributed by atoms with Crippen LogP contribution in [0.4, 0.5) is 0 Å². The van der Waals surface area contributed by atoms with E-state index in [1.54, 1.807) is 0 Å². The van der Waals surface area contributed by atoms with Crippen LogP contribution in [0, 0.1) is 5.92 Å². The predicted octanol–water partition coefficient (Wildman–Crippen LogP) is 1.75. The van der Waals surface area contributed by atoms with Gasteiger partial charge in [-0.25, -0.2) is 0 Å². The standard InChI is InChI=1S/C13H21NO/c1-10(2)7-11-3-5-12(6-4-11)8-13(15)9-14/h3-6,10,13,15H,7-9,14H2,1-2H3. The van der Waals surface area contributed by atoms with Gasteiger partial charge in [-0.2, -0.15) is 0 Å². The number of nitrogens with two attached hydrogens (primary N) is 1. The van der Waals surface area contributed by atoms with Crippen LogP contribution >= 0.6 is 0 Å². The zero-order chi connectivity index (χ0) is 11.3. The summed E-state index contributed by atoms with van der Waals surface area (Å²) in [7, 11) is 0. The molecule has 0 saturated heterocycles. The molecule has 0 saturated carbocycles. The average Bonchev–Trinajstić information content (AvgIpc) is 2.20. The number of aliphatic hydroxyl groups excluding tert-OH is 1. The Morgan fingerprint density at radius 3 is 1.93 bits per heavy atom. The van der Waals surface area contributed by atoms with Gasteiger partial charge in [0, 0.05) is 6.54 Å². The van der Waals surface area contributed by atoms with Gasteiger partial charge in [0.1, 0.15) is 0 Å². The van der Waals surface area contributed by atoms with Crippen molar-refractivity contribution in [2.75, 3.05) is 6.54 Å². The fourth-order valence-electron chi connectivity index (χ4n) is 1.64. The Kier molecular flexibility index (Phi) is 4.79. The van der Waals surface area contributed by atoms with E-state index >= 15 is 0 Å². The normalized spacial score (nSPS) is 13.1. The second kappa shape index (κ2) is 5.89. The SMILES string of the molecule is CC(C)Cc1ccc(CC(O)CN)cc1. The van der Waals surface area contributed by atoms with Gasteiger partial charge in [-0.3, -0.25) is 0 Å². The van der Waals surface area contributed by atoms with Crippen LogP contribution in [0.5, 0.6) is 0 Å². The molecule has 0 aromatic heterocycles. The first-order valence-corrected chi connectivity index (χ1v) is 5.57. The minimum absolute atomic E-state index is 0.327. The fraction of sp³-hybridized carbons (Fsp3) is 0.538. The Morgan fingerprint density at radius 1 is 1.07 bits per heavy atom. The Morgan fingerprint density at radius 2 is 1.53 bits per heavy atom. The van der Waals surface area contributed by atoms with E-state index in [2.05, 4.69) is 38.1 Å². The molecule has 84 valence electrons. The van der Waals surface area contributed by atoms with Gasteiger partial charge in [-0.1, -0.05) is 38.1 Å². The third-order valence-corrected chi connectivity index (χ3v) is 2.41. The lowest BCUT2D eigenvalue weighted by molar-refractivity contribution is 0.183. The first-order chi connectivity index (χ1) is 7.11. The molecule has 2 nitrogen and oxygen atoms in total. The van der Waals surface area contributed by atoms with Crippen LogP contribution in [-0.4, -0.2) is 17.8 Å². The van der Waals surface area contributed by atoms with Crippen LogP contribution in [0.3, 0.4) is 0 Å². The molecular formula is C13H21NO. The molecule has 1 aromatic rings.